The Hall–Kier alpha value is -0.870. The van der Waals surface area contributed by atoms with Gasteiger partial charge in [0.15, 0.2) is 0 Å². The first-order valence-electron chi connectivity index (χ1n) is 3.53. The van der Waals surface area contributed by atoms with E-state index in [0.29, 0.717) is 0 Å². The van der Waals surface area contributed by atoms with Crippen molar-refractivity contribution in [2.24, 2.45) is 0 Å². The van der Waals surface area contributed by atoms with Gasteiger partial charge in [-0.3, -0.25) is 4.40 Å². The number of rotatable bonds is 1. The van der Waals surface area contributed by atoms with E-state index in [2.05, 4.69) is 20.9 Å². The molecule has 1 N–H and O–H groups in total. The number of hydrogen-bond acceptors (Lipinski definition) is 2. The molecule has 0 unspecified atom stereocenters. The summed E-state index contributed by atoms with van der Waals surface area (Å²) in [7, 11) is 0. The molecule has 12 heavy (non-hydrogen) atoms. The molecule has 0 saturated heterocycles. The van der Waals surface area contributed by atoms with Crippen molar-refractivity contribution in [3.05, 3.63) is 34.8 Å². The van der Waals surface area contributed by atoms with Crippen molar-refractivity contribution < 1.29 is 5.11 Å². The number of imidazole rings is 1. The third-order valence-corrected chi connectivity index (χ3v) is 2.45. The zero-order valence-corrected chi connectivity index (χ0v) is 7.82. The highest BCUT2D eigenvalue weighted by atomic mass is 79.9. The van der Waals surface area contributed by atoms with Crippen LogP contribution in [0, 0.1) is 0 Å². The molecule has 3 nitrogen and oxygen atoms in total. The second-order valence-corrected chi connectivity index (χ2v) is 3.33. The van der Waals surface area contributed by atoms with E-state index >= 15 is 0 Å². The van der Waals surface area contributed by atoms with Gasteiger partial charge in [0.25, 0.3) is 0 Å². The summed E-state index contributed by atoms with van der Waals surface area (Å²) in [5.74, 6) is 0. The molecule has 0 spiro atoms. The van der Waals surface area contributed by atoms with E-state index < -0.39 is 0 Å². The fourth-order valence-electron chi connectivity index (χ4n) is 1.16. The van der Waals surface area contributed by atoms with E-state index in [9.17, 15) is 0 Å². The normalized spacial score (nSPS) is 10.8. The molecule has 62 valence electrons. The summed E-state index contributed by atoms with van der Waals surface area (Å²) in [6.07, 6.45) is 3.44. The second kappa shape index (κ2) is 2.88. The molecule has 0 fully saturated rings. The molecule has 0 aliphatic heterocycles. The number of aromatic nitrogens is 2. The zero-order chi connectivity index (χ0) is 8.55. The Bertz CT molecular complexity index is 410. The van der Waals surface area contributed by atoms with E-state index in [1.165, 1.54) is 0 Å². The minimum absolute atomic E-state index is 0.0279. The summed E-state index contributed by atoms with van der Waals surface area (Å²) in [6.45, 7) is 0.0279. The van der Waals surface area contributed by atoms with Crippen molar-refractivity contribution in [2.75, 3.05) is 0 Å². The van der Waals surface area contributed by atoms with Crippen molar-refractivity contribution >= 4 is 21.4 Å². The number of aliphatic hydroxyl groups is 1. The van der Waals surface area contributed by atoms with Crippen molar-refractivity contribution in [2.45, 2.75) is 6.61 Å². The van der Waals surface area contributed by atoms with E-state index in [1.54, 1.807) is 12.5 Å². The highest BCUT2D eigenvalue weighted by Crippen LogP contribution is 2.18. The number of hydrogen-bond donors (Lipinski definition) is 1. The fourth-order valence-corrected chi connectivity index (χ4v) is 1.59. The lowest BCUT2D eigenvalue weighted by molar-refractivity contribution is 0.275. The Morgan fingerprint density at radius 2 is 2.33 bits per heavy atom. The Labute approximate surface area is 77.8 Å². The largest absolute Gasteiger partial charge is 0.390 e. The van der Waals surface area contributed by atoms with Crippen LogP contribution in [0.3, 0.4) is 0 Å². The van der Waals surface area contributed by atoms with Crippen LogP contribution in [-0.2, 0) is 6.61 Å². The van der Waals surface area contributed by atoms with Crippen molar-refractivity contribution in [3.8, 4) is 0 Å². The average Bonchev–Trinajstić information content (AvgIpc) is 2.54. The average molecular weight is 227 g/mol. The lowest BCUT2D eigenvalue weighted by atomic mass is 10.3. The molecule has 0 aliphatic carbocycles. The summed E-state index contributed by atoms with van der Waals surface area (Å²) >= 11 is 3.40. The predicted octanol–water partition coefficient (Wildman–Crippen LogP) is 1.59. The lowest BCUT2D eigenvalue weighted by Gasteiger charge is -2.02. The summed E-state index contributed by atoms with van der Waals surface area (Å²) in [5, 5.41) is 8.98. The molecule has 0 saturated carbocycles. The summed E-state index contributed by atoms with van der Waals surface area (Å²) in [5.41, 5.74) is 1.81. The SMILES string of the molecule is OCc1ccc(Br)c2cncn12. The van der Waals surface area contributed by atoms with E-state index in [4.69, 9.17) is 5.11 Å². The number of aliphatic hydroxyl groups excluding tert-OH is 1. The number of fused-ring (bicyclic) bond motifs is 1. The molecular formula is C8H7BrN2O. The Morgan fingerprint density at radius 1 is 1.50 bits per heavy atom. The van der Waals surface area contributed by atoms with Crippen LogP contribution in [0.2, 0.25) is 0 Å². The predicted molar refractivity (Wildman–Crippen MR) is 48.8 cm³/mol. The topological polar surface area (TPSA) is 37.5 Å². The lowest BCUT2D eigenvalue weighted by Crippen LogP contribution is -1.94. The highest BCUT2D eigenvalue weighted by molar-refractivity contribution is 9.10. The zero-order valence-electron chi connectivity index (χ0n) is 6.24. The first-order valence-corrected chi connectivity index (χ1v) is 4.32. The van der Waals surface area contributed by atoms with Crippen LogP contribution < -0.4 is 0 Å². The summed E-state index contributed by atoms with van der Waals surface area (Å²) in [6, 6.07) is 3.77. The molecule has 2 heterocycles. The molecule has 0 radical (unpaired) electrons. The molecule has 0 aromatic carbocycles. The molecule has 0 aliphatic rings. The van der Waals surface area contributed by atoms with Crippen molar-refractivity contribution in [1.29, 1.82) is 0 Å². The van der Waals surface area contributed by atoms with Gasteiger partial charge in [0, 0.05) is 10.2 Å². The Morgan fingerprint density at radius 3 is 3.08 bits per heavy atom. The molecule has 2 rings (SSSR count). The molecule has 0 bridgehead atoms. The molecule has 0 atom stereocenters. The number of halogens is 1. The first kappa shape index (κ1) is 7.76. The van der Waals surface area contributed by atoms with Gasteiger partial charge in [0.05, 0.1) is 24.6 Å². The maximum Gasteiger partial charge on any atom is 0.0995 e. The van der Waals surface area contributed by atoms with Gasteiger partial charge in [-0.05, 0) is 28.1 Å². The molecule has 2 aromatic rings. The highest BCUT2D eigenvalue weighted by Gasteiger charge is 2.01. The maximum absolute atomic E-state index is 8.98. The minimum atomic E-state index is 0.0279. The number of pyridine rings is 1. The van der Waals surface area contributed by atoms with Crippen LogP contribution in [0.25, 0.3) is 5.52 Å². The van der Waals surface area contributed by atoms with Crippen LogP contribution in [0.4, 0.5) is 0 Å². The third kappa shape index (κ3) is 1.04. The van der Waals surface area contributed by atoms with Crippen LogP contribution in [0.15, 0.2) is 29.1 Å². The molecule has 2 aromatic heterocycles. The van der Waals surface area contributed by atoms with Gasteiger partial charge in [0.1, 0.15) is 0 Å². The Balaban J connectivity index is 2.82. The second-order valence-electron chi connectivity index (χ2n) is 2.48. The van der Waals surface area contributed by atoms with Crippen LogP contribution in [0.1, 0.15) is 5.69 Å². The monoisotopic (exact) mass is 226 g/mol. The molecule has 4 heteroatoms. The van der Waals surface area contributed by atoms with E-state index in [-0.39, 0.29) is 6.61 Å². The van der Waals surface area contributed by atoms with Crippen LogP contribution >= 0.6 is 15.9 Å². The first-order chi connectivity index (χ1) is 5.83. The minimum Gasteiger partial charge on any atom is -0.390 e. The van der Waals surface area contributed by atoms with Gasteiger partial charge < -0.3 is 5.11 Å². The van der Waals surface area contributed by atoms with Crippen LogP contribution in [0.5, 0.6) is 0 Å². The van der Waals surface area contributed by atoms with Crippen LogP contribution in [-0.4, -0.2) is 14.5 Å². The van der Waals surface area contributed by atoms with Gasteiger partial charge >= 0.3 is 0 Å². The van der Waals surface area contributed by atoms with Crippen molar-refractivity contribution in [1.82, 2.24) is 9.38 Å². The summed E-state index contributed by atoms with van der Waals surface area (Å²) in [4.78, 5) is 3.99. The Kier molecular flexibility index (Phi) is 1.86. The van der Waals surface area contributed by atoms with Gasteiger partial charge in [0.2, 0.25) is 0 Å². The quantitative estimate of drug-likeness (QED) is 0.803. The van der Waals surface area contributed by atoms with Gasteiger partial charge in [-0.25, -0.2) is 4.98 Å². The van der Waals surface area contributed by atoms with Crippen molar-refractivity contribution in [3.63, 3.8) is 0 Å². The smallest absolute Gasteiger partial charge is 0.0995 e. The van der Waals surface area contributed by atoms with E-state index in [0.717, 1.165) is 15.7 Å². The van der Waals surface area contributed by atoms with E-state index in [1.807, 2.05) is 16.5 Å². The van der Waals surface area contributed by atoms with Gasteiger partial charge in [-0.1, -0.05) is 0 Å². The maximum atomic E-state index is 8.98. The molecular weight excluding hydrogens is 220 g/mol. The fraction of sp³-hybridized carbons (Fsp3) is 0.125. The third-order valence-electron chi connectivity index (χ3n) is 1.78. The summed E-state index contributed by atoms with van der Waals surface area (Å²) < 4.78 is 2.83. The number of nitrogens with zero attached hydrogens (tertiary/aromatic N) is 2. The van der Waals surface area contributed by atoms with Gasteiger partial charge in [-0.15, -0.1) is 0 Å². The molecule has 0 amide bonds. The standard InChI is InChI=1S/C8H7BrN2O/c9-7-2-1-6(4-12)11-5-10-3-8(7)11/h1-3,5,12H,4H2. The van der Waals surface area contributed by atoms with Gasteiger partial charge in [-0.2, -0.15) is 0 Å².